The van der Waals surface area contributed by atoms with Gasteiger partial charge in [0.05, 0.1) is 23.5 Å². The van der Waals surface area contributed by atoms with E-state index in [0.717, 1.165) is 5.56 Å². The number of amides is 2. The maximum absolute atomic E-state index is 12.0. The summed E-state index contributed by atoms with van der Waals surface area (Å²) in [6.07, 6.45) is 0. The molecular weight excluding hydrogens is 322 g/mol. The Bertz CT molecular complexity index is 800. The topological polar surface area (TPSA) is 111 Å². The number of nitrogens with one attached hydrogen (secondary N) is 2. The van der Waals surface area contributed by atoms with Crippen molar-refractivity contribution in [2.75, 3.05) is 23.0 Å². The summed E-state index contributed by atoms with van der Waals surface area (Å²) in [7, 11) is 0. The summed E-state index contributed by atoms with van der Waals surface area (Å²) in [5, 5.41) is 4.92. The normalized spacial score (nSPS) is 10.0. The van der Waals surface area contributed by atoms with Crippen LogP contribution in [0.1, 0.15) is 22.8 Å². The Kier molecular flexibility index (Phi) is 5.73. The second-order valence-electron chi connectivity index (χ2n) is 5.30. The third kappa shape index (κ3) is 4.81. The molecule has 2 rings (SSSR count). The van der Waals surface area contributed by atoms with Gasteiger partial charge in [0.25, 0.3) is 0 Å². The number of aryl methyl sites for hydroxylation is 1. The van der Waals surface area contributed by atoms with Crippen LogP contribution in [0.5, 0.6) is 0 Å². The SMILES string of the molecule is CCOC(=O)c1ccc(NC(=O)C(=O)Nc2cc(C)ccc2N)cc1. The number of nitrogens with two attached hydrogens (primary N) is 1. The summed E-state index contributed by atoms with van der Waals surface area (Å²) in [6.45, 7) is 3.84. The zero-order valence-corrected chi connectivity index (χ0v) is 14.0. The molecule has 130 valence electrons. The van der Waals surface area contributed by atoms with Gasteiger partial charge in [-0.05, 0) is 55.8 Å². The van der Waals surface area contributed by atoms with Crippen LogP contribution in [0, 0.1) is 6.92 Å². The number of carbonyl (C=O) groups excluding carboxylic acids is 3. The van der Waals surface area contributed by atoms with Crippen LogP contribution in [0.25, 0.3) is 0 Å². The number of hydrogen-bond acceptors (Lipinski definition) is 5. The molecule has 0 saturated carbocycles. The van der Waals surface area contributed by atoms with Crippen molar-refractivity contribution < 1.29 is 19.1 Å². The summed E-state index contributed by atoms with van der Waals surface area (Å²) < 4.78 is 4.87. The van der Waals surface area contributed by atoms with Crippen LogP contribution in [0.15, 0.2) is 42.5 Å². The van der Waals surface area contributed by atoms with Gasteiger partial charge in [-0.25, -0.2) is 4.79 Å². The average Bonchev–Trinajstić information content (AvgIpc) is 2.59. The van der Waals surface area contributed by atoms with Crippen molar-refractivity contribution in [2.24, 2.45) is 0 Å². The van der Waals surface area contributed by atoms with Gasteiger partial charge >= 0.3 is 17.8 Å². The fourth-order valence-corrected chi connectivity index (χ4v) is 2.05. The Labute approximate surface area is 145 Å². The van der Waals surface area contributed by atoms with Crippen molar-refractivity contribution in [2.45, 2.75) is 13.8 Å². The van der Waals surface area contributed by atoms with Gasteiger partial charge in [0, 0.05) is 5.69 Å². The lowest BCUT2D eigenvalue weighted by Crippen LogP contribution is -2.29. The van der Waals surface area contributed by atoms with E-state index >= 15 is 0 Å². The average molecular weight is 341 g/mol. The van der Waals surface area contributed by atoms with Crippen LogP contribution in [-0.2, 0) is 14.3 Å². The zero-order chi connectivity index (χ0) is 18.4. The van der Waals surface area contributed by atoms with E-state index in [1.54, 1.807) is 25.1 Å². The molecule has 0 radical (unpaired) electrons. The number of nitrogen functional groups attached to an aromatic ring is 1. The van der Waals surface area contributed by atoms with E-state index in [-0.39, 0.29) is 6.61 Å². The fraction of sp³-hybridized carbons (Fsp3) is 0.167. The number of ether oxygens (including phenoxy) is 1. The van der Waals surface area contributed by atoms with E-state index in [0.29, 0.717) is 22.6 Å². The van der Waals surface area contributed by atoms with Gasteiger partial charge in [0.1, 0.15) is 0 Å². The molecule has 2 amide bonds. The van der Waals surface area contributed by atoms with Crippen LogP contribution in [0.2, 0.25) is 0 Å². The van der Waals surface area contributed by atoms with Crippen molar-refractivity contribution in [3.63, 3.8) is 0 Å². The third-order valence-electron chi connectivity index (χ3n) is 3.32. The van der Waals surface area contributed by atoms with E-state index in [2.05, 4.69) is 10.6 Å². The molecule has 0 aliphatic carbocycles. The standard InChI is InChI=1S/C18H19N3O4/c1-3-25-18(24)12-5-7-13(8-6-12)20-16(22)17(23)21-15-10-11(2)4-9-14(15)19/h4-10H,3,19H2,1-2H3,(H,20,22)(H,21,23). The van der Waals surface area contributed by atoms with Crippen molar-refractivity contribution >= 4 is 34.8 Å². The Morgan fingerprint density at radius 3 is 2.28 bits per heavy atom. The number of benzene rings is 2. The molecule has 7 heteroatoms. The van der Waals surface area contributed by atoms with Gasteiger partial charge in [-0.1, -0.05) is 6.07 Å². The minimum Gasteiger partial charge on any atom is -0.462 e. The Balaban J connectivity index is 2.00. The van der Waals surface area contributed by atoms with Crippen LogP contribution < -0.4 is 16.4 Å². The number of esters is 1. The molecule has 0 aliphatic heterocycles. The highest BCUT2D eigenvalue weighted by molar-refractivity contribution is 6.43. The summed E-state index contributed by atoms with van der Waals surface area (Å²) in [6, 6.07) is 11.2. The smallest absolute Gasteiger partial charge is 0.338 e. The maximum Gasteiger partial charge on any atom is 0.338 e. The second-order valence-corrected chi connectivity index (χ2v) is 5.30. The molecule has 0 spiro atoms. The van der Waals surface area contributed by atoms with Crippen LogP contribution >= 0.6 is 0 Å². The van der Waals surface area contributed by atoms with E-state index in [9.17, 15) is 14.4 Å². The van der Waals surface area contributed by atoms with Crippen molar-refractivity contribution in [3.8, 4) is 0 Å². The van der Waals surface area contributed by atoms with E-state index in [1.807, 2.05) is 6.92 Å². The molecule has 0 unspecified atom stereocenters. The summed E-state index contributed by atoms with van der Waals surface area (Å²) >= 11 is 0. The first-order chi connectivity index (χ1) is 11.9. The molecular formula is C18H19N3O4. The molecule has 0 saturated heterocycles. The van der Waals surface area contributed by atoms with Crippen LogP contribution in [-0.4, -0.2) is 24.4 Å². The number of carbonyl (C=O) groups is 3. The number of rotatable bonds is 4. The molecule has 0 atom stereocenters. The summed E-state index contributed by atoms with van der Waals surface area (Å²) in [5.74, 6) is -2.13. The van der Waals surface area contributed by atoms with Gasteiger partial charge < -0.3 is 21.1 Å². The van der Waals surface area contributed by atoms with Crippen molar-refractivity contribution in [1.29, 1.82) is 0 Å². The summed E-state index contributed by atoms with van der Waals surface area (Å²) in [4.78, 5) is 35.5. The van der Waals surface area contributed by atoms with Crippen LogP contribution in [0.3, 0.4) is 0 Å². The third-order valence-corrected chi connectivity index (χ3v) is 3.32. The molecule has 0 fully saturated rings. The minimum absolute atomic E-state index is 0.277. The first-order valence-corrected chi connectivity index (χ1v) is 7.66. The molecule has 0 heterocycles. The number of hydrogen-bond donors (Lipinski definition) is 3. The van der Waals surface area contributed by atoms with E-state index < -0.39 is 17.8 Å². The highest BCUT2D eigenvalue weighted by atomic mass is 16.5. The fourth-order valence-electron chi connectivity index (χ4n) is 2.05. The predicted octanol–water partition coefficient (Wildman–Crippen LogP) is 2.33. The van der Waals surface area contributed by atoms with Gasteiger partial charge in [0.15, 0.2) is 0 Å². The largest absolute Gasteiger partial charge is 0.462 e. The van der Waals surface area contributed by atoms with Crippen LogP contribution in [0.4, 0.5) is 17.1 Å². The first-order valence-electron chi connectivity index (χ1n) is 7.66. The lowest BCUT2D eigenvalue weighted by molar-refractivity contribution is -0.132. The molecule has 0 bridgehead atoms. The summed E-state index contributed by atoms with van der Waals surface area (Å²) in [5.41, 5.74) is 8.15. The lowest BCUT2D eigenvalue weighted by atomic mass is 10.2. The molecule has 4 N–H and O–H groups in total. The molecule has 0 aliphatic rings. The Morgan fingerprint density at radius 2 is 1.64 bits per heavy atom. The molecule has 7 nitrogen and oxygen atoms in total. The predicted molar refractivity (Wildman–Crippen MR) is 95.2 cm³/mol. The van der Waals surface area contributed by atoms with E-state index in [4.69, 9.17) is 10.5 Å². The molecule has 25 heavy (non-hydrogen) atoms. The van der Waals surface area contributed by atoms with E-state index in [1.165, 1.54) is 24.3 Å². The second kappa shape index (κ2) is 7.96. The highest BCUT2D eigenvalue weighted by Crippen LogP contribution is 2.19. The molecule has 2 aromatic carbocycles. The quantitative estimate of drug-likeness (QED) is 0.449. The van der Waals surface area contributed by atoms with Crippen molar-refractivity contribution in [1.82, 2.24) is 0 Å². The van der Waals surface area contributed by atoms with Gasteiger partial charge in [-0.3, -0.25) is 9.59 Å². The first kappa shape index (κ1) is 18.0. The zero-order valence-electron chi connectivity index (χ0n) is 14.0. The van der Waals surface area contributed by atoms with Gasteiger partial charge in [-0.15, -0.1) is 0 Å². The maximum atomic E-state index is 12.0. The molecule has 2 aromatic rings. The lowest BCUT2D eigenvalue weighted by Gasteiger charge is -2.09. The van der Waals surface area contributed by atoms with Gasteiger partial charge in [0.2, 0.25) is 0 Å². The minimum atomic E-state index is -0.843. The Morgan fingerprint density at radius 1 is 1.00 bits per heavy atom. The molecule has 0 aromatic heterocycles. The number of anilines is 3. The van der Waals surface area contributed by atoms with Gasteiger partial charge in [-0.2, -0.15) is 0 Å². The Hall–Kier alpha value is -3.35. The monoisotopic (exact) mass is 341 g/mol. The van der Waals surface area contributed by atoms with Crippen molar-refractivity contribution in [3.05, 3.63) is 53.6 Å². The highest BCUT2D eigenvalue weighted by Gasteiger charge is 2.15.